The third-order valence-electron chi connectivity index (χ3n) is 4.69. The molecule has 0 radical (unpaired) electrons. The number of thiazole rings is 1. The Morgan fingerprint density at radius 3 is 2.38 bits per heavy atom. The van der Waals surface area contributed by atoms with E-state index in [9.17, 15) is 18.0 Å². The second-order valence-electron chi connectivity index (χ2n) is 6.51. The Labute approximate surface area is 171 Å². The number of nitrogens with zero attached hydrogens (tertiary/aromatic N) is 3. The molecule has 0 unspecified atom stereocenters. The largest absolute Gasteiger partial charge is 0.343 e. The average Bonchev–Trinajstić information content (AvgIpc) is 3.16. The van der Waals surface area contributed by atoms with Crippen molar-refractivity contribution in [3.8, 4) is 0 Å². The highest BCUT2D eigenvalue weighted by molar-refractivity contribution is 7.89. The van der Waals surface area contributed by atoms with Crippen LogP contribution in [0, 0.1) is 0 Å². The first-order chi connectivity index (χ1) is 14.0. The number of carbonyl (C=O) groups is 2. The van der Waals surface area contributed by atoms with Gasteiger partial charge >= 0.3 is 0 Å². The number of fused-ring (bicyclic) bond motifs is 1. The van der Waals surface area contributed by atoms with E-state index in [0.29, 0.717) is 23.8 Å². The zero-order valence-corrected chi connectivity index (χ0v) is 16.9. The maximum Gasteiger partial charge on any atom is 0.257 e. The molecule has 0 atom stereocenters. The molecule has 4 rings (SSSR count). The van der Waals surface area contributed by atoms with Gasteiger partial charge in [0, 0.05) is 31.7 Å². The molecule has 2 amide bonds. The summed E-state index contributed by atoms with van der Waals surface area (Å²) >= 11 is 1.37. The minimum Gasteiger partial charge on any atom is -0.343 e. The van der Waals surface area contributed by atoms with Crippen LogP contribution in [0.4, 0.5) is 5.13 Å². The SMILES string of the molecule is O=CN1CCN(S(=O)(=O)c2ccc(C(=O)Nc3nc4ccccc4s3)cc2)CC1. The molecule has 1 saturated heterocycles. The van der Waals surface area contributed by atoms with Gasteiger partial charge in [0.15, 0.2) is 5.13 Å². The molecule has 1 fully saturated rings. The van der Waals surface area contributed by atoms with Gasteiger partial charge in [0.2, 0.25) is 16.4 Å². The van der Waals surface area contributed by atoms with Crippen molar-refractivity contribution in [1.82, 2.24) is 14.2 Å². The van der Waals surface area contributed by atoms with Gasteiger partial charge in [-0.15, -0.1) is 0 Å². The van der Waals surface area contributed by atoms with E-state index in [4.69, 9.17) is 0 Å². The maximum absolute atomic E-state index is 12.8. The molecule has 1 aromatic heterocycles. The minimum absolute atomic E-state index is 0.119. The van der Waals surface area contributed by atoms with Crippen molar-refractivity contribution < 1.29 is 18.0 Å². The van der Waals surface area contributed by atoms with Gasteiger partial charge in [-0.2, -0.15) is 4.31 Å². The predicted molar refractivity (Wildman–Crippen MR) is 110 cm³/mol. The number of rotatable bonds is 5. The highest BCUT2D eigenvalue weighted by Crippen LogP contribution is 2.26. The number of carbonyl (C=O) groups excluding carboxylic acids is 2. The number of hydrogen-bond donors (Lipinski definition) is 1. The Hall–Kier alpha value is -2.82. The van der Waals surface area contributed by atoms with Crippen molar-refractivity contribution in [1.29, 1.82) is 0 Å². The summed E-state index contributed by atoms with van der Waals surface area (Å²) < 4.78 is 27.8. The molecule has 2 aromatic carbocycles. The van der Waals surface area contributed by atoms with E-state index in [-0.39, 0.29) is 23.9 Å². The van der Waals surface area contributed by atoms with Crippen molar-refractivity contribution in [3.05, 3.63) is 54.1 Å². The number of para-hydroxylation sites is 1. The molecule has 0 saturated carbocycles. The van der Waals surface area contributed by atoms with Crippen molar-refractivity contribution in [2.45, 2.75) is 4.90 Å². The van der Waals surface area contributed by atoms with Gasteiger partial charge in [0.25, 0.3) is 5.91 Å². The second kappa shape index (κ2) is 7.90. The fourth-order valence-corrected chi connectivity index (χ4v) is 5.35. The van der Waals surface area contributed by atoms with Crippen LogP contribution < -0.4 is 5.32 Å². The highest BCUT2D eigenvalue weighted by Gasteiger charge is 2.28. The first-order valence-electron chi connectivity index (χ1n) is 8.94. The topological polar surface area (TPSA) is 99.7 Å². The number of anilines is 1. The Morgan fingerprint density at radius 2 is 1.72 bits per heavy atom. The van der Waals surface area contributed by atoms with E-state index in [1.165, 1.54) is 39.9 Å². The van der Waals surface area contributed by atoms with E-state index in [0.717, 1.165) is 16.6 Å². The molecule has 0 spiro atoms. The summed E-state index contributed by atoms with van der Waals surface area (Å²) in [7, 11) is -3.66. The standard InChI is InChI=1S/C19H18N4O4S2/c24-13-22-9-11-23(12-10-22)29(26,27)15-7-5-14(6-8-15)18(25)21-19-20-16-3-1-2-4-17(16)28-19/h1-8,13H,9-12H2,(H,20,21,25). The zero-order valence-electron chi connectivity index (χ0n) is 15.3. The first-order valence-corrected chi connectivity index (χ1v) is 11.2. The highest BCUT2D eigenvalue weighted by atomic mass is 32.2. The normalized spacial score (nSPS) is 15.4. The lowest BCUT2D eigenvalue weighted by molar-refractivity contribution is -0.119. The Balaban J connectivity index is 1.46. The van der Waals surface area contributed by atoms with E-state index in [1.54, 1.807) is 4.90 Å². The molecule has 1 aliphatic heterocycles. The molecule has 10 heteroatoms. The summed E-state index contributed by atoms with van der Waals surface area (Å²) in [5.74, 6) is -0.354. The second-order valence-corrected chi connectivity index (χ2v) is 9.48. The first kappa shape index (κ1) is 19.5. The van der Waals surface area contributed by atoms with Crippen LogP contribution in [0.25, 0.3) is 10.2 Å². The number of hydrogen-bond acceptors (Lipinski definition) is 6. The van der Waals surface area contributed by atoms with Crippen LogP contribution >= 0.6 is 11.3 Å². The van der Waals surface area contributed by atoms with Crippen LogP contribution in [-0.4, -0.2) is 61.1 Å². The minimum atomic E-state index is -3.66. The summed E-state index contributed by atoms with van der Waals surface area (Å²) in [4.78, 5) is 29.3. The molecule has 0 aliphatic carbocycles. The van der Waals surface area contributed by atoms with Gasteiger partial charge in [-0.1, -0.05) is 23.5 Å². The fraction of sp³-hybridized carbons (Fsp3) is 0.211. The number of amides is 2. The van der Waals surface area contributed by atoms with Gasteiger partial charge < -0.3 is 4.90 Å². The summed E-state index contributed by atoms with van der Waals surface area (Å²) in [6.45, 7) is 1.23. The summed E-state index contributed by atoms with van der Waals surface area (Å²) in [5, 5.41) is 3.24. The molecule has 29 heavy (non-hydrogen) atoms. The van der Waals surface area contributed by atoms with Crippen molar-refractivity contribution in [2.24, 2.45) is 0 Å². The van der Waals surface area contributed by atoms with Crippen LogP contribution in [0.15, 0.2) is 53.4 Å². The molecule has 0 bridgehead atoms. The zero-order chi connectivity index (χ0) is 20.4. The van der Waals surface area contributed by atoms with E-state index < -0.39 is 10.0 Å². The van der Waals surface area contributed by atoms with Gasteiger partial charge in [-0.05, 0) is 36.4 Å². The third-order valence-corrected chi connectivity index (χ3v) is 7.56. The molecule has 150 valence electrons. The molecule has 8 nitrogen and oxygen atoms in total. The van der Waals surface area contributed by atoms with Gasteiger partial charge in [-0.25, -0.2) is 13.4 Å². The van der Waals surface area contributed by atoms with Crippen molar-refractivity contribution >= 4 is 49.0 Å². The fourth-order valence-electron chi connectivity index (χ4n) is 3.07. The molecule has 2 heterocycles. The van der Waals surface area contributed by atoms with E-state index in [2.05, 4.69) is 10.3 Å². The molecular formula is C19H18N4O4S2. The quantitative estimate of drug-likeness (QED) is 0.624. The van der Waals surface area contributed by atoms with Crippen LogP contribution in [0.5, 0.6) is 0 Å². The van der Waals surface area contributed by atoms with Crippen molar-refractivity contribution in [2.75, 3.05) is 31.5 Å². The Morgan fingerprint density at radius 1 is 1.03 bits per heavy atom. The number of benzene rings is 2. The van der Waals surface area contributed by atoms with Gasteiger partial charge in [0.05, 0.1) is 15.1 Å². The summed E-state index contributed by atoms with van der Waals surface area (Å²) in [6.07, 6.45) is 0.725. The third kappa shape index (κ3) is 4.00. The molecule has 3 aromatic rings. The molecule has 1 N–H and O–H groups in total. The van der Waals surface area contributed by atoms with Gasteiger partial charge in [0.1, 0.15) is 0 Å². The predicted octanol–water partition coefficient (Wildman–Crippen LogP) is 2.01. The maximum atomic E-state index is 12.8. The summed E-state index contributed by atoms with van der Waals surface area (Å²) in [5.41, 5.74) is 1.15. The molecular weight excluding hydrogens is 412 g/mol. The number of nitrogens with one attached hydrogen (secondary N) is 1. The smallest absolute Gasteiger partial charge is 0.257 e. The lowest BCUT2D eigenvalue weighted by Gasteiger charge is -2.31. The Kier molecular flexibility index (Phi) is 5.31. The monoisotopic (exact) mass is 430 g/mol. The molecule has 1 aliphatic rings. The summed E-state index contributed by atoms with van der Waals surface area (Å²) in [6, 6.07) is 13.4. The lowest BCUT2D eigenvalue weighted by atomic mass is 10.2. The number of aromatic nitrogens is 1. The Bertz CT molecular complexity index is 1120. The van der Waals surface area contributed by atoms with Crippen LogP contribution in [0.3, 0.4) is 0 Å². The number of piperazine rings is 1. The van der Waals surface area contributed by atoms with Crippen LogP contribution in [-0.2, 0) is 14.8 Å². The van der Waals surface area contributed by atoms with E-state index in [1.807, 2.05) is 24.3 Å². The number of sulfonamides is 1. The van der Waals surface area contributed by atoms with Crippen LogP contribution in [0.2, 0.25) is 0 Å². The van der Waals surface area contributed by atoms with E-state index >= 15 is 0 Å². The van der Waals surface area contributed by atoms with Crippen LogP contribution in [0.1, 0.15) is 10.4 Å². The lowest BCUT2D eigenvalue weighted by Crippen LogP contribution is -2.47. The average molecular weight is 431 g/mol. The van der Waals surface area contributed by atoms with Gasteiger partial charge in [-0.3, -0.25) is 14.9 Å². The van der Waals surface area contributed by atoms with Crippen molar-refractivity contribution in [3.63, 3.8) is 0 Å².